The Labute approximate surface area is 100 Å². The van der Waals surface area contributed by atoms with Gasteiger partial charge in [0.2, 0.25) is 0 Å². The summed E-state index contributed by atoms with van der Waals surface area (Å²) < 4.78 is 52.2. The molecule has 0 unspecified atom stereocenters. The van der Waals surface area contributed by atoms with Crippen LogP contribution in [-0.4, -0.2) is 0 Å². The van der Waals surface area contributed by atoms with Gasteiger partial charge in [0.15, 0.2) is 11.6 Å². The highest BCUT2D eigenvalue weighted by Gasteiger charge is 2.07. The van der Waals surface area contributed by atoms with Crippen LogP contribution in [0.5, 0.6) is 0 Å². The van der Waals surface area contributed by atoms with Gasteiger partial charge >= 0.3 is 0 Å². The van der Waals surface area contributed by atoms with Crippen molar-refractivity contribution >= 4 is 11.4 Å². The van der Waals surface area contributed by atoms with E-state index in [4.69, 9.17) is 0 Å². The van der Waals surface area contributed by atoms with Gasteiger partial charge in [-0.05, 0) is 24.3 Å². The Morgan fingerprint density at radius 2 is 1.28 bits per heavy atom. The summed E-state index contributed by atoms with van der Waals surface area (Å²) in [6.45, 7) is 0. The number of hydrazine groups is 1. The van der Waals surface area contributed by atoms with Crippen LogP contribution >= 0.6 is 0 Å². The molecule has 2 aromatic carbocycles. The number of benzene rings is 2. The third-order valence-corrected chi connectivity index (χ3v) is 2.16. The highest BCUT2D eigenvalue weighted by Crippen LogP contribution is 2.19. The van der Waals surface area contributed by atoms with Crippen LogP contribution in [0.2, 0.25) is 0 Å². The SMILES string of the molecule is Fc1cc(F)cc(NNc2c(F)cccc2F)c1. The Morgan fingerprint density at radius 3 is 1.83 bits per heavy atom. The minimum absolute atomic E-state index is 0.00940. The molecule has 0 aliphatic heterocycles. The first kappa shape index (κ1) is 12.2. The second-order valence-corrected chi connectivity index (χ2v) is 3.50. The standard InChI is InChI=1S/C12H8F4N2/c13-7-4-8(14)6-9(5-7)17-18-12-10(15)2-1-3-11(12)16/h1-6,17-18H. The van der Waals surface area contributed by atoms with Crippen LogP contribution in [0, 0.1) is 23.3 Å². The molecule has 0 aromatic heterocycles. The van der Waals surface area contributed by atoms with E-state index in [0.717, 1.165) is 24.3 Å². The Hall–Kier alpha value is -2.24. The number of hydrogen-bond donors (Lipinski definition) is 2. The van der Waals surface area contributed by atoms with E-state index in [0.29, 0.717) is 6.07 Å². The lowest BCUT2D eigenvalue weighted by atomic mass is 10.3. The molecular formula is C12H8F4N2. The molecule has 0 radical (unpaired) electrons. The quantitative estimate of drug-likeness (QED) is 0.646. The summed E-state index contributed by atoms with van der Waals surface area (Å²) in [5.41, 5.74) is 4.11. The van der Waals surface area contributed by atoms with Gasteiger partial charge in [-0.2, -0.15) is 0 Å². The van der Waals surface area contributed by atoms with E-state index < -0.39 is 29.0 Å². The van der Waals surface area contributed by atoms with Gasteiger partial charge in [0.25, 0.3) is 0 Å². The van der Waals surface area contributed by atoms with E-state index in [2.05, 4.69) is 10.9 Å². The van der Waals surface area contributed by atoms with Gasteiger partial charge in [0.05, 0.1) is 5.69 Å². The van der Waals surface area contributed by atoms with Crippen molar-refractivity contribution in [2.24, 2.45) is 0 Å². The monoisotopic (exact) mass is 256 g/mol. The number of nitrogens with one attached hydrogen (secondary N) is 2. The second-order valence-electron chi connectivity index (χ2n) is 3.50. The first-order valence-corrected chi connectivity index (χ1v) is 4.98. The largest absolute Gasteiger partial charge is 0.301 e. The predicted octanol–water partition coefficient (Wildman–Crippen LogP) is 3.68. The van der Waals surface area contributed by atoms with Gasteiger partial charge in [-0.25, -0.2) is 17.6 Å². The summed E-state index contributed by atoms with van der Waals surface area (Å²) in [4.78, 5) is 0. The molecule has 2 rings (SSSR count). The molecule has 2 nitrogen and oxygen atoms in total. The number of anilines is 2. The van der Waals surface area contributed by atoms with E-state index in [1.807, 2.05) is 0 Å². The van der Waals surface area contributed by atoms with Crippen LogP contribution in [0.3, 0.4) is 0 Å². The van der Waals surface area contributed by atoms with Crippen molar-refractivity contribution in [2.75, 3.05) is 10.9 Å². The van der Waals surface area contributed by atoms with Gasteiger partial charge in [-0.15, -0.1) is 0 Å². The minimum Gasteiger partial charge on any atom is -0.301 e. The number of halogens is 4. The van der Waals surface area contributed by atoms with Gasteiger partial charge in [0.1, 0.15) is 17.3 Å². The number of para-hydroxylation sites is 1. The van der Waals surface area contributed by atoms with Gasteiger partial charge in [-0.3, -0.25) is 5.43 Å². The fourth-order valence-electron chi connectivity index (χ4n) is 1.38. The highest BCUT2D eigenvalue weighted by atomic mass is 19.1. The van der Waals surface area contributed by atoms with Crippen molar-refractivity contribution in [3.8, 4) is 0 Å². The maximum absolute atomic E-state index is 13.2. The van der Waals surface area contributed by atoms with Gasteiger partial charge in [-0.1, -0.05) is 6.07 Å². The van der Waals surface area contributed by atoms with Gasteiger partial charge < -0.3 is 5.43 Å². The first-order chi connectivity index (χ1) is 8.56. The lowest BCUT2D eigenvalue weighted by Gasteiger charge is -2.11. The normalized spacial score (nSPS) is 10.2. The minimum atomic E-state index is -0.820. The fraction of sp³-hybridized carbons (Fsp3) is 0. The third kappa shape index (κ3) is 2.71. The van der Waals surface area contributed by atoms with Crippen LogP contribution in [-0.2, 0) is 0 Å². The maximum atomic E-state index is 13.2. The van der Waals surface area contributed by atoms with E-state index in [1.54, 1.807) is 0 Å². The summed E-state index contributed by atoms with van der Waals surface area (Å²) in [6, 6.07) is 5.97. The molecule has 0 spiro atoms. The predicted molar refractivity (Wildman–Crippen MR) is 60.0 cm³/mol. The van der Waals surface area contributed by atoms with Crippen molar-refractivity contribution in [3.05, 3.63) is 59.7 Å². The van der Waals surface area contributed by atoms with Crippen LogP contribution < -0.4 is 10.9 Å². The molecule has 0 aliphatic rings. The Balaban J connectivity index is 2.16. The summed E-state index contributed by atoms with van der Waals surface area (Å²) >= 11 is 0. The third-order valence-electron chi connectivity index (χ3n) is 2.16. The second kappa shape index (κ2) is 4.95. The molecule has 6 heteroatoms. The molecule has 0 atom stereocenters. The van der Waals surface area contributed by atoms with Crippen molar-refractivity contribution < 1.29 is 17.6 Å². The van der Waals surface area contributed by atoms with Gasteiger partial charge in [0, 0.05) is 6.07 Å². The molecule has 0 fully saturated rings. The molecule has 0 saturated heterocycles. The molecule has 0 amide bonds. The molecule has 94 valence electrons. The summed E-state index contributed by atoms with van der Waals surface area (Å²) in [6.07, 6.45) is 0. The molecule has 2 N–H and O–H groups in total. The molecular weight excluding hydrogens is 248 g/mol. The lowest BCUT2D eigenvalue weighted by Crippen LogP contribution is -2.12. The van der Waals surface area contributed by atoms with E-state index in [9.17, 15) is 17.6 Å². The fourth-order valence-corrected chi connectivity index (χ4v) is 1.38. The zero-order valence-corrected chi connectivity index (χ0v) is 8.98. The first-order valence-electron chi connectivity index (χ1n) is 4.98. The zero-order valence-electron chi connectivity index (χ0n) is 8.98. The molecule has 0 saturated carbocycles. The molecule has 2 aromatic rings. The Morgan fingerprint density at radius 1 is 0.722 bits per heavy atom. The lowest BCUT2D eigenvalue weighted by molar-refractivity contribution is 0.584. The van der Waals surface area contributed by atoms with Crippen molar-refractivity contribution in [1.29, 1.82) is 0 Å². The van der Waals surface area contributed by atoms with Crippen molar-refractivity contribution in [3.63, 3.8) is 0 Å². The summed E-state index contributed by atoms with van der Waals surface area (Å²) in [7, 11) is 0. The van der Waals surface area contributed by atoms with Crippen molar-refractivity contribution in [2.45, 2.75) is 0 Å². The average molecular weight is 256 g/mol. The molecule has 0 aliphatic carbocycles. The Kier molecular flexibility index (Phi) is 3.36. The smallest absolute Gasteiger partial charge is 0.151 e. The molecule has 0 heterocycles. The van der Waals surface area contributed by atoms with Crippen LogP contribution in [0.1, 0.15) is 0 Å². The van der Waals surface area contributed by atoms with Crippen LogP contribution in [0.15, 0.2) is 36.4 Å². The molecule has 0 bridgehead atoms. The topological polar surface area (TPSA) is 24.1 Å². The molecule has 18 heavy (non-hydrogen) atoms. The highest BCUT2D eigenvalue weighted by molar-refractivity contribution is 5.53. The van der Waals surface area contributed by atoms with E-state index >= 15 is 0 Å². The summed E-state index contributed by atoms with van der Waals surface area (Å²) in [5, 5.41) is 0. The number of hydrogen-bond acceptors (Lipinski definition) is 2. The van der Waals surface area contributed by atoms with E-state index in [1.165, 1.54) is 6.07 Å². The summed E-state index contributed by atoms with van der Waals surface area (Å²) in [5.74, 6) is -3.24. The van der Waals surface area contributed by atoms with Crippen LogP contribution in [0.25, 0.3) is 0 Å². The van der Waals surface area contributed by atoms with Crippen LogP contribution in [0.4, 0.5) is 28.9 Å². The van der Waals surface area contributed by atoms with Crippen molar-refractivity contribution in [1.82, 2.24) is 0 Å². The Bertz CT molecular complexity index is 531. The van der Waals surface area contributed by atoms with E-state index in [-0.39, 0.29) is 5.69 Å². The zero-order chi connectivity index (χ0) is 13.1. The average Bonchev–Trinajstić information content (AvgIpc) is 2.27. The number of rotatable bonds is 3. The maximum Gasteiger partial charge on any atom is 0.151 e.